The third-order valence-corrected chi connectivity index (χ3v) is 7.59. The van der Waals surface area contributed by atoms with Crippen LogP contribution in [-0.2, 0) is 12.3 Å². The van der Waals surface area contributed by atoms with Gasteiger partial charge in [-0.3, -0.25) is 18.6 Å². The molecule has 1 fully saturated rings. The van der Waals surface area contributed by atoms with Crippen LogP contribution in [0, 0.1) is 5.92 Å². The second kappa shape index (κ2) is 10.2. The van der Waals surface area contributed by atoms with Crippen molar-refractivity contribution in [3.05, 3.63) is 70.0 Å². The minimum absolute atomic E-state index is 0.0263. The van der Waals surface area contributed by atoms with E-state index in [0.717, 1.165) is 54.2 Å². The lowest BCUT2D eigenvalue weighted by Gasteiger charge is -2.26. The van der Waals surface area contributed by atoms with Crippen LogP contribution < -0.4 is 5.56 Å². The van der Waals surface area contributed by atoms with Gasteiger partial charge in [0.15, 0.2) is 5.16 Å². The number of carbonyl (C=O) groups is 1. The average molecular weight is 490 g/mol. The highest BCUT2D eigenvalue weighted by atomic mass is 32.2. The molecule has 0 spiro atoms. The Balaban J connectivity index is 1.44. The molecule has 3 heterocycles. The fourth-order valence-corrected chi connectivity index (χ4v) is 5.52. The number of rotatable bonds is 7. The molecule has 1 saturated heterocycles. The Bertz CT molecular complexity index is 1420. The van der Waals surface area contributed by atoms with E-state index in [-0.39, 0.29) is 11.5 Å². The second-order valence-corrected chi connectivity index (χ2v) is 10.6. The molecule has 8 heteroatoms. The first-order chi connectivity index (χ1) is 17.0. The zero-order valence-corrected chi connectivity index (χ0v) is 21.1. The summed E-state index contributed by atoms with van der Waals surface area (Å²) in [5, 5.41) is 10.3. The van der Waals surface area contributed by atoms with Gasteiger partial charge in [-0.1, -0.05) is 49.9 Å². The van der Waals surface area contributed by atoms with E-state index >= 15 is 0 Å². The minimum Gasteiger partial charge on any atom is -0.339 e. The van der Waals surface area contributed by atoms with Crippen molar-refractivity contribution in [1.29, 1.82) is 0 Å². The molecule has 182 valence electrons. The van der Waals surface area contributed by atoms with Crippen LogP contribution in [0.4, 0.5) is 0 Å². The van der Waals surface area contributed by atoms with E-state index in [4.69, 9.17) is 0 Å². The van der Waals surface area contributed by atoms with Crippen molar-refractivity contribution in [3.8, 4) is 0 Å². The second-order valence-electron chi connectivity index (χ2n) is 9.62. The van der Waals surface area contributed by atoms with Crippen LogP contribution in [0.5, 0.6) is 0 Å². The van der Waals surface area contributed by atoms with E-state index < -0.39 is 0 Å². The van der Waals surface area contributed by atoms with E-state index in [0.29, 0.717) is 29.4 Å². The maximum atomic E-state index is 13.2. The molecule has 2 aromatic carbocycles. The molecule has 0 saturated carbocycles. The van der Waals surface area contributed by atoms with Crippen molar-refractivity contribution in [2.24, 2.45) is 5.92 Å². The number of piperidine rings is 1. The lowest BCUT2D eigenvalue weighted by Crippen LogP contribution is -2.35. The molecule has 0 bridgehead atoms. The third-order valence-electron chi connectivity index (χ3n) is 6.59. The standard InChI is InChI=1S/C27H31N5O2S/c1-19(2)13-16-31-25(34)22-11-4-5-12-23(22)32-26(31)28-29-27(32)35-18-20-9-8-10-21(17-20)24(33)30-14-6-3-7-15-30/h4-5,8-12,17,19H,3,6-7,13-16,18H2,1-2H3. The van der Waals surface area contributed by atoms with Gasteiger partial charge in [0.05, 0.1) is 10.9 Å². The number of aryl methyl sites for hydroxylation is 1. The largest absolute Gasteiger partial charge is 0.339 e. The van der Waals surface area contributed by atoms with E-state index in [1.807, 2.05) is 57.8 Å². The Morgan fingerprint density at radius 2 is 1.83 bits per heavy atom. The van der Waals surface area contributed by atoms with Crippen molar-refractivity contribution in [3.63, 3.8) is 0 Å². The Morgan fingerprint density at radius 3 is 2.63 bits per heavy atom. The molecule has 5 rings (SSSR count). The Hall–Kier alpha value is -3.13. The highest BCUT2D eigenvalue weighted by Crippen LogP contribution is 2.26. The van der Waals surface area contributed by atoms with Gasteiger partial charge in [-0.2, -0.15) is 0 Å². The summed E-state index contributed by atoms with van der Waals surface area (Å²) in [7, 11) is 0. The first-order valence-electron chi connectivity index (χ1n) is 12.4. The number of para-hydroxylation sites is 1. The molecule has 0 N–H and O–H groups in total. The first-order valence-corrected chi connectivity index (χ1v) is 13.4. The van der Waals surface area contributed by atoms with Gasteiger partial charge in [0.25, 0.3) is 11.5 Å². The summed E-state index contributed by atoms with van der Waals surface area (Å²) in [6.07, 6.45) is 4.25. The van der Waals surface area contributed by atoms with E-state index in [2.05, 4.69) is 24.0 Å². The van der Waals surface area contributed by atoms with Crippen molar-refractivity contribution in [2.45, 2.75) is 57.0 Å². The number of fused-ring (bicyclic) bond motifs is 3. The molecule has 2 aromatic heterocycles. The van der Waals surface area contributed by atoms with Gasteiger partial charge in [0.2, 0.25) is 5.78 Å². The first kappa shape index (κ1) is 23.6. The van der Waals surface area contributed by atoms with E-state index in [1.165, 1.54) is 6.42 Å². The Labute approximate surface area is 209 Å². The molecule has 1 aliphatic heterocycles. The highest BCUT2D eigenvalue weighted by molar-refractivity contribution is 7.98. The number of amides is 1. The monoisotopic (exact) mass is 489 g/mol. The minimum atomic E-state index is -0.0263. The third kappa shape index (κ3) is 4.85. The zero-order valence-electron chi connectivity index (χ0n) is 20.3. The molecule has 35 heavy (non-hydrogen) atoms. The molecular weight excluding hydrogens is 458 g/mol. The van der Waals surface area contributed by atoms with Crippen molar-refractivity contribution in [1.82, 2.24) is 24.1 Å². The molecule has 1 amide bonds. The number of likely N-dealkylation sites (tertiary alicyclic amines) is 1. The predicted octanol–water partition coefficient (Wildman–Crippen LogP) is 5.01. The number of carbonyl (C=O) groups excluding carboxylic acids is 1. The maximum Gasteiger partial charge on any atom is 0.262 e. The van der Waals surface area contributed by atoms with Gasteiger partial charge in [-0.25, -0.2) is 0 Å². The van der Waals surface area contributed by atoms with E-state index in [1.54, 1.807) is 16.3 Å². The van der Waals surface area contributed by atoms with Crippen LogP contribution in [-0.4, -0.2) is 43.1 Å². The maximum absolute atomic E-state index is 13.2. The summed E-state index contributed by atoms with van der Waals surface area (Å²) in [6.45, 7) is 6.59. The Morgan fingerprint density at radius 1 is 1.03 bits per heavy atom. The lowest BCUT2D eigenvalue weighted by atomic mass is 10.1. The number of benzene rings is 2. The molecule has 0 unspecified atom stereocenters. The fourth-order valence-electron chi connectivity index (χ4n) is 4.64. The Kier molecular flexibility index (Phi) is 6.90. The topological polar surface area (TPSA) is 72.5 Å². The van der Waals surface area contributed by atoms with Crippen LogP contribution in [0.1, 0.15) is 55.5 Å². The van der Waals surface area contributed by atoms with Crippen LogP contribution in [0.15, 0.2) is 58.5 Å². The molecular formula is C27H31N5O2S. The SMILES string of the molecule is CC(C)CCn1c(=O)c2ccccc2n2c(SCc3cccc(C(=O)N4CCCCC4)c3)nnc12. The van der Waals surface area contributed by atoms with Crippen molar-refractivity contribution in [2.75, 3.05) is 13.1 Å². The lowest BCUT2D eigenvalue weighted by molar-refractivity contribution is 0.0724. The quantitative estimate of drug-likeness (QED) is 0.341. The molecule has 0 aliphatic carbocycles. The van der Waals surface area contributed by atoms with E-state index in [9.17, 15) is 9.59 Å². The smallest absolute Gasteiger partial charge is 0.262 e. The molecule has 4 aromatic rings. The van der Waals surface area contributed by atoms with Gasteiger partial charge in [-0.05, 0) is 61.4 Å². The van der Waals surface area contributed by atoms with Crippen molar-refractivity contribution < 1.29 is 4.79 Å². The average Bonchev–Trinajstić information content (AvgIpc) is 3.31. The van der Waals surface area contributed by atoms with Gasteiger partial charge in [-0.15, -0.1) is 10.2 Å². The summed E-state index contributed by atoms with van der Waals surface area (Å²) in [6, 6.07) is 15.5. The van der Waals surface area contributed by atoms with Crippen molar-refractivity contribution >= 4 is 34.3 Å². The van der Waals surface area contributed by atoms with Crippen LogP contribution in [0.25, 0.3) is 16.7 Å². The van der Waals surface area contributed by atoms with Crippen LogP contribution in [0.3, 0.4) is 0 Å². The molecule has 7 nitrogen and oxygen atoms in total. The molecule has 1 aliphatic rings. The number of thioether (sulfide) groups is 1. The van der Waals surface area contributed by atoms with Crippen LogP contribution in [0.2, 0.25) is 0 Å². The number of nitrogens with zero attached hydrogens (tertiary/aromatic N) is 5. The predicted molar refractivity (Wildman–Crippen MR) is 140 cm³/mol. The van der Waals surface area contributed by atoms with Crippen LogP contribution >= 0.6 is 11.8 Å². The summed E-state index contributed by atoms with van der Waals surface area (Å²) in [4.78, 5) is 28.1. The summed E-state index contributed by atoms with van der Waals surface area (Å²) in [5.41, 5.74) is 2.59. The zero-order chi connectivity index (χ0) is 24.4. The number of hydrogen-bond donors (Lipinski definition) is 0. The van der Waals surface area contributed by atoms with Gasteiger partial charge < -0.3 is 4.90 Å². The summed E-state index contributed by atoms with van der Waals surface area (Å²) in [5.74, 6) is 1.82. The molecule has 0 radical (unpaired) electrons. The van der Waals surface area contributed by atoms with Gasteiger partial charge in [0.1, 0.15) is 0 Å². The highest BCUT2D eigenvalue weighted by Gasteiger charge is 2.19. The summed E-state index contributed by atoms with van der Waals surface area (Å²) >= 11 is 1.57. The number of hydrogen-bond acceptors (Lipinski definition) is 5. The van der Waals surface area contributed by atoms with Gasteiger partial charge in [0, 0.05) is 31.0 Å². The normalized spacial score (nSPS) is 14.3. The molecule has 0 atom stereocenters. The van der Waals surface area contributed by atoms with Gasteiger partial charge >= 0.3 is 0 Å². The number of aromatic nitrogens is 4. The fraction of sp³-hybridized carbons (Fsp3) is 0.407. The summed E-state index contributed by atoms with van der Waals surface area (Å²) < 4.78 is 3.74.